The van der Waals surface area contributed by atoms with Gasteiger partial charge in [-0.1, -0.05) is 12.1 Å². The van der Waals surface area contributed by atoms with Crippen LogP contribution in [0.2, 0.25) is 0 Å². The summed E-state index contributed by atoms with van der Waals surface area (Å²) in [4.78, 5) is 8.63. The summed E-state index contributed by atoms with van der Waals surface area (Å²) in [7, 11) is 0. The van der Waals surface area contributed by atoms with Gasteiger partial charge in [-0.2, -0.15) is 4.98 Å². The fourth-order valence-electron chi connectivity index (χ4n) is 2.58. The molecule has 2 aromatic rings. The van der Waals surface area contributed by atoms with Crippen molar-refractivity contribution in [3.8, 4) is 11.4 Å². The number of hydrogen-bond acceptors (Lipinski definition) is 5. The first kappa shape index (κ1) is 12.3. The fourth-order valence-corrected chi connectivity index (χ4v) is 2.58. The van der Waals surface area contributed by atoms with Crippen molar-refractivity contribution in [2.24, 2.45) is 5.92 Å². The zero-order valence-corrected chi connectivity index (χ0v) is 11.3. The van der Waals surface area contributed by atoms with Gasteiger partial charge in [-0.25, -0.2) is 0 Å². The van der Waals surface area contributed by atoms with E-state index in [1.807, 2.05) is 19.2 Å². The number of nitrogens with one attached hydrogen (secondary N) is 1. The first-order valence-corrected chi connectivity index (χ1v) is 6.73. The number of piperidine rings is 1. The van der Waals surface area contributed by atoms with Crippen LogP contribution in [0.5, 0.6) is 0 Å². The molecule has 5 heteroatoms. The average Bonchev–Trinajstić information content (AvgIpc) is 2.89. The lowest BCUT2D eigenvalue weighted by Crippen LogP contribution is -2.33. The van der Waals surface area contributed by atoms with Gasteiger partial charge in [-0.3, -0.25) is 4.98 Å². The first-order valence-electron chi connectivity index (χ1n) is 6.73. The molecule has 0 radical (unpaired) electrons. The van der Waals surface area contributed by atoms with Crippen LogP contribution in [0.25, 0.3) is 11.4 Å². The summed E-state index contributed by atoms with van der Waals surface area (Å²) in [6, 6.07) is 2.10. The molecule has 2 unspecified atom stereocenters. The third-order valence-corrected chi connectivity index (χ3v) is 3.74. The lowest BCUT2D eigenvalue weighted by molar-refractivity contribution is 0.239. The van der Waals surface area contributed by atoms with Crippen LogP contribution in [0.1, 0.15) is 37.3 Å². The van der Waals surface area contributed by atoms with Crippen molar-refractivity contribution in [2.75, 3.05) is 6.54 Å². The molecular formula is C14H18N4O. The molecule has 2 aromatic heterocycles. The van der Waals surface area contributed by atoms with E-state index in [2.05, 4.69) is 27.4 Å². The normalized spacial score (nSPS) is 23.5. The van der Waals surface area contributed by atoms with E-state index >= 15 is 0 Å². The lowest BCUT2D eigenvalue weighted by atomic mass is 9.93. The number of aromatic nitrogens is 3. The van der Waals surface area contributed by atoms with Crippen molar-refractivity contribution in [3.05, 3.63) is 29.9 Å². The summed E-state index contributed by atoms with van der Waals surface area (Å²) >= 11 is 0. The molecule has 1 aliphatic heterocycles. The third kappa shape index (κ3) is 2.38. The van der Waals surface area contributed by atoms with E-state index in [-0.39, 0.29) is 6.04 Å². The molecule has 2 atom stereocenters. The molecule has 3 rings (SSSR count). The number of rotatable bonds is 2. The minimum atomic E-state index is 0.178. The van der Waals surface area contributed by atoms with Crippen LogP contribution in [0.4, 0.5) is 0 Å². The van der Waals surface area contributed by atoms with E-state index in [4.69, 9.17) is 4.52 Å². The van der Waals surface area contributed by atoms with Gasteiger partial charge in [0.25, 0.3) is 0 Å². The topological polar surface area (TPSA) is 63.8 Å². The summed E-state index contributed by atoms with van der Waals surface area (Å²) in [6.07, 6.45) is 5.97. The highest BCUT2D eigenvalue weighted by Crippen LogP contribution is 2.29. The Morgan fingerprint density at radius 1 is 1.42 bits per heavy atom. The van der Waals surface area contributed by atoms with Crippen LogP contribution in [0, 0.1) is 12.8 Å². The Kier molecular flexibility index (Phi) is 3.29. The van der Waals surface area contributed by atoms with Gasteiger partial charge in [-0.15, -0.1) is 0 Å². The zero-order chi connectivity index (χ0) is 13.2. The van der Waals surface area contributed by atoms with Crippen LogP contribution in [0.15, 0.2) is 23.0 Å². The molecule has 1 saturated heterocycles. The van der Waals surface area contributed by atoms with Crippen molar-refractivity contribution in [2.45, 2.75) is 32.7 Å². The number of hydrogen-bond donors (Lipinski definition) is 1. The monoisotopic (exact) mass is 258 g/mol. The molecule has 1 N–H and O–H groups in total. The Hall–Kier alpha value is -1.75. The third-order valence-electron chi connectivity index (χ3n) is 3.74. The summed E-state index contributed by atoms with van der Waals surface area (Å²) in [5.74, 6) is 1.87. The minimum absolute atomic E-state index is 0.178. The van der Waals surface area contributed by atoms with Crippen LogP contribution in [-0.4, -0.2) is 21.7 Å². The van der Waals surface area contributed by atoms with E-state index in [9.17, 15) is 0 Å². The molecule has 0 bridgehead atoms. The molecule has 5 nitrogen and oxygen atoms in total. The molecule has 0 saturated carbocycles. The molecule has 0 aliphatic carbocycles. The van der Waals surface area contributed by atoms with E-state index in [0.29, 0.717) is 17.6 Å². The molecule has 19 heavy (non-hydrogen) atoms. The number of pyridine rings is 1. The van der Waals surface area contributed by atoms with Crippen LogP contribution < -0.4 is 5.32 Å². The van der Waals surface area contributed by atoms with E-state index in [1.165, 1.54) is 12.8 Å². The highest BCUT2D eigenvalue weighted by Gasteiger charge is 2.27. The predicted molar refractivity (Wildman–Crippen MR) is 71.4 cm³/mol. The van der Waals surface area contributed by atoms with Gasteiger partial charge in [0.05, 0.1) is 6.04 Å². The highest BCUT2D eigenvalue weighted by atomic mass is 16.5. The molecule has 100 valence electrons. The number of aryl methyl sites for hydroxylation is 1. The first-order chi connectivity index (χ1) is 9.25. The largest absolute Gasteiger partial charge is 0.337 e. The molecule has 0 spiro atoms. The Bertz CT molecular complexity index is 566. The predicted octanol–water partition coefficient (Wildman–Crippen LogP) is 2.50. The summed E-state index contributed by atoms with van der Waals surface area (Å²) in [6.45, 7) is 5.24. The maximum absolute atomic E-state index is 5.44. The second kappa shape index (κ2) is 5.09. The molecule has 0 amide bonds. The van der Waals surface area contributed by atoms with E-state index in [1.54, 1.807) is 6.20 Å². The van der Waals surface area contributed by atoms with Crippen molar-refractivity contribution >= 4 is 0 Å². The van der Waals surface area contributed by atoms with E-state index < -0.39 is 0 Å². The second-order valence-corrected chi connectivity index (χ2v) is 5.20. The van der Waals surface area contributed by atoms with Crippen molar-refractivity contribution in [3.63, 3.8) is 0 Å². The van der Waals surface area contributed by atoms with Gasteiger partial charge in [0.2, 0.25) is 11.7 Å². The Morgan fingerprint density at radius 2 is 2.32 bits per heavy atom. The summed E-state index contributed by atoms with van der Waals surface area (Å²) in [5.41, 5.74) is 2.04. The number of nitrogens with zero attached hydrogens (tertiary/aromatic N) is 3. The Morgan fingerprint density at radius 3 is 3.11 bits per heavy atom. The van der Waals surface area contributed by atoms with Crippen LogP contribution in [-0.2, 0) is 0 Å². The quantitative estimate of drug-likeness (QED) is 0.896. The molecule has 0 aromatic carbocycles. The van der Waals surface area contributed by atoms with Crippen LogP contribution >= 0.6 is 0 Å². The summed E-state index contributed by atoms with van der Waals surface area (Å²) < 4.78 is 5.44. The van der Waals surface area contributed by atoms with Crippen LogP contribution in [0.3, 0.4) is 0 Å². The molecule has 3 heterocycles. The Balaban J connectivity index is 1.89. The molecule has 1 fully saturated rings. The zero-order valence-electron chi connectivity index (χ0n) is 11.3. The van der Waals surface area contributed by atoms with Crippen molar-refractivity contribution < 1.29 is 4.52 Å². The van der Waals surface area contributed by atoms with Gasteiger partial charge in [0, 0.05) is 18.0 Å². The second-order valence-electron chi connectivity index (χ2n) is 5.20. The van der Waals surface area contributed by atoms with Crippen molar-refractivity contribution in [1.82, 2.24) is 20.4 Å². The molecule has 1 aliphatic rings. The van der Waals surface area contributed by atoms with Gasteiger partial charge < -0.3 is 9.84 Å². The van der Waals surface area contributed by atoms with Gasteiger partial charge in [0.15, 0.2) is 0 Å². The van der Waals surface area contributed by atoms with E-state index in [0.717, 1.165) is 17.7 Å². The average molecular weight is 258 g/mol. The maximum atomic E-state index is 5.44. The molecular weight excluding hydrogens is 240 g/mol. The standard InChI is InChI=1S/C14H18N4O/c1-9-4-3-6-16-12(9)14-17-13(18-19-14)11-5-7-15-8-10(11)2/h5,7-9,12,16H,3-4,6H2,1-2H3. The SMILES string of the molecule is Cc1cnccc1-c1noc(C2NCCCC2C)n1. The smallest absolute Gasteiger partial charge is 0.244 e. The van der Waals surface area contributed by atoms with Gasteiger partial charge in [-0.05, 0) is 43.9 Å². The van der Waals surface area contributed by atoms with Gasteiger partial charge >= 0.3 is 0 Å². The minimum Gasteiger partial charge on any atom is -0.337 e. The van der Waals surface area contributed by atoms with Crippen molar-refractivity contribution in [1.29, 1.82) is 0 Å². The lowest BCUT2D eigenvalue weighted by Gasteiger charge is -2.26. The summed E-state index contributed by atoms with van der Waals surface area (Å²) in [5, 5.41) is 7.56. The Labute approximate surface area is 112 Å². The highest BCUT2D eigenvalue weighted by molar-refractivity contribution is 5.57. The fraction of sp³-hybridized carbons (Fsp3) is 0.500. The van der Waals surface area contributed by atoms with Gasteiger partial charge in [0.1, 0.15) is 0 Å². The maximum Gasteiger partial charge on any atom is 0.244 e.